The first-order valence-corrected chi connectivity index (χ1v) is 7.74. The van der Waals surface area contributed by atoms with E-state index in [4.69, 9.17) is 9.57 Å². The van der Waals surface area contributed by atoms with Crippen LogP contribution >= 0.6 is 0 Å². The van der Waals surface area contributed by atoms with Gasteiger partial charge in [0, 0.05) is 17.8 Å². The molecule has 0 unspecified atom stereocenters. The van der Waals surface area contributed by atoms with Crippen LogP contribution in [0.3, 0.4) is 0 Å². The summed E-state index contributed by atoms with van der Waals surface area (Å²) in [6.45, 7) is 0.705. The number of hydrogen-bond donors (Lipinski definition) is 0. The van der Waals surface area contributed by atoms with E-state index in [1.165, 1.54) is 0 Å². The van der Waals surface area contributed by atoms with Crippen LogP contribution in [0.1, 0.15) is 11.1 Å². The van der Waals surface area contributed by atoms with E-state index in [0.717, 1.165) is 16.8 Å². The van der Waals surface area contributed by atoms with E-state index < -0.39 is 0 Å². The molecule has 1 heterocycles. The topological polar surface area (TPSA) is 43.7 Å². The molecule has 0 N–H and O–H groups in total. The maximum atomic E-state index is 5.70. The van der Waals surface area contributed by atoms with Gasteiger partial charge in [-0.3, -0.25) is 0 Å². The Labute approximate surface area is 141 Å². The predicted molar refractivity (Wildman–Crippen MR) is 93.9 cm³/mol. The van der Waals surface area contributed by atoms with Crippen LogP contribution in [0, 0.1) is 0 Å². The number of ether oxygens (including phenoxy) is 1. The van der Waals surface area contributed by atoms with Crippen molar-refractivity contribution in [3.05, 3.63) is 96.2 Å². The molecular weight excluding hydrogens is 300 g/mol. The molecule has 4 nitrogen and oxygen atoms in total. The molecule has 3 aromatic rings. The molecule has 0 aliphatic rings. The zero-order chi connectivity index (χ0) is 16.5. The van der Waals surface area contributed by atoms with E-state index >= 15 is 0 Å². The Morgan fingerprint density at radius 2 is 1.54 bits per heavy atom. The third-order valence-corrected chi connectivity index (χ3v) is 3.35. The molecule has 24 heavy (non-hydrogen) atoms. The molecule has 0 aliphatic carbocycles. The number of hydrogen-bond acceptors (Lipinski definition) is 4. The lowest BCUT2D eigenvalue weighted by atomic mass is 10.1. The van der Waals surface area contributed by atoms with E-state index in [-0.39, 0.29) is 6.61 Å². The summed E-state index contributed by atoms with van der Waals surface area (Å²) in [5.41, 5.74) is 2.75. The largest absolute Gasteiger partial charge is 0.471 e. The van der Waals surface area contributed by atoms with Gasteiger partial charge in [0.25, 0.3) is 0 Å². The van der Waals surface area contributed by atoms with Gasteiger partial charge in [-0.2, -0.15) is 0 Å². The summed E-state index contributed by atoms with van der Waals surface area (Å²) in [7, 11) is 0. The summed E-state index contributed by atoms with van der Waals surface area (Å²) < 4.78 is 5.70. The second kappa shape index (κ2) is 8.48. The van der Waals surface area contributed by atoms with Gasteiger partial charge in [-0.1, -0.05) is 71.9 Å². The molecule has 0 atom stereocenters. The van der Waals surface area contributed by atoms with Crippen molar-refractivity contribution in [1.29, 1.82) is 0 Å². The molecule has 1 aromatic heterocycles. The summed E-state index contributed by atoms with van der Waals surface area (Å²) in [5.74, 6) is 0.559. The van der Waals surface area contributed by atoms with Crippen molar-refractivity contribution in [1.82, 2.24) is 4.98 Å². The van der Waals surface area contributed by atoms with Crippen molar-refractivity contribution in [3.8, 4) is 5.88 Å². The number of benzene rings is 2. The fourth-order valence-electron chi connectivity index (χ4n) is 2.13. The Morgan fingerprint density at radius 1 is 0.833 bits per heavy atom. The van der Waals surface area contributed by atoms with E-state index in [1.54, 1.807) is 6.20 Å². The second-order valence-corrected chi connectivity index (χ2v) is 5.12. The van der Waals surface area contributed by atoms with E-state index in [1.807, 2.05) is 78.9 Å². The minimum atomic E-state index is 0.288. The van der Waals surface area contributed by atoms with Gasteiger partial charge in [-0.05, 0) is 11.6 Å². The van der Waals surface area contributed by atoms with Crippen LogP contribution in [0.15, 0.2) is 90.2 Å². The fourth-order valence-corrected chi connectivity index (χ4v) is 2.13. The highest BCUT2D eigenvalue weighted by Crippen LogP contribution is 2.08. The van der Waals surface area contributed by atoms with Crippen LogP contribution in [0.2, 0.25) is 0 Å². The Morgan fingerprint density at radius 3 is 2.25 bits per heavy atom. The lowest BCUT2D eigenvalue weighted by Crippen LogP contribution is -2.14. The lowest BCUT2D eigenvalue weighted by Gasteiger charge is -2.09. The van der Waals surface area contributed by atoms with Crippen molar-refractivity contribution in [2.75, 3.05) is 6.61 Å². The quantitative estimate of drug-likeness (QED) is 0.487. The average molecular weight is 318 g/mol. The van der Waals surface area contributed by atoms with E-state index in [0.29, 0.717) is 12.5 Å². The van der Waals surface area contributed by atoms with Gasteiger partial charge in [-0.25, -0.2) is 4.98 Å². The van der Waals surface area contributed by atoms with E-state index in [2.05, 4.69) is 10.1 Å². The van der Waals surface area contributed by atoms with E-state index in [9.17, 15) is 0 Å². The monoisotopic (exact) mass is 318 g/mol. The van der Waals surface area contributed by atoms with Gasteiger partial charge < -0.3 is 9.57 Å². The van der Waals surface area contributed by atoms with Crippen molar-refractivity contribution in [2.45, 2.75) is 6.61 Å². The van der Waals surface area contributed by atoms with Gasteiger partial charge in [0.05, 0.1) is 0 Å². The Balaban J connectivity index is 1.68. The lowest BCUT2D eigenvalue weighted by molar-refractivity contribution is 0.129. The Hall–Kier alpha value is -3.14. The third-order valence-electron chi connectivity index (χ3n) is 3.35. The second-order valence-electron chi connectivity index (χ2n) is 5.12. The predicted octanol–water partition coefficient (Wildman–Crippen LogP) is 4.08. The molecule has 0 fully saturated rings. The summed E-state index contributed by atoms with van der Waals surface area (Å²) in [4.78, 5) is 9.67. The molecule has 0 spiro atoms. The molecular formula is C20H18N2O2. The molecule has 4 heteroatoms. The number of rotatable bonds is 7. The molecule has 2 aromatic carbocycles. The highest BCUT2D eigenvalue weighted by Gasteiger charge is 2.06. The normalized spacial score (nSPS) is 11.1. The first-order chi connectivity index (χ1) is 11.9. The minimum Gasteiger partial charge on any atom is -0.471 e. The van der Waals surface area contributed by atoms with Crippen LogP contribution in [-0.2, 0) is 11.4 Å². The molecule has 0 radical (unpaired) electrons. The molecule has 0 saturated heterocycles. The van der Waals surface area contributed by atoms with Crippen molar-refractivity contribution in [2.24, 2.45) is 5.16 Å². The number of oxime groups is 1. The number of pyridine rings is 1. The fraction of sp³-hybridized carbons (Fsp3) is 0.100. The highest BCUT2D eigenvalue weighted by atomic mass is 16.6. The Bertz CT molecular complexity index is 759. The summed E-state index contributed by atoms with van der Waals surface area (Å²) >= 11 is 0. The van der Waals surface area contributed by atoms with Gasteiger partial charge in [0.15, 0.2) is 0 Å². The minimum absolute atomic E-state index is 0.288. The summed E-state index contributed by atoms with van der Waals surface area (Å²) in [6, 6.07) is 25.3. The smallest absolute Gasteiger partial charge is 0.213 e. The average Bonchev–Trinajstić information content (AvgIpc) is 2.67. The van der Waals surface area contributed by atoms with Crippen LogP contribution in [0.5, 0.6) is 5.88 Å². The molecule has 0 saturated carbocycles. The molecule has 0 bridgehead atoms. The zero-order valence-corrected chi connectivity index (χ0v) is 13.2. The maximum Gasteiger partial charge on any atom is 0.213 e. The van der Waals surface area contributed by atoms with Gasteiger partial charge in [-0.15, -0.1) is 0 Å². The number of nitrogens with zero attached hydrogens (tertiary/aromatic N) is 2. The molecule has 3 rings (SSSR count). The highest BCUT2D eigenvalue weighted by molar-refractivity contribution is 6.01. The van der Waals surface area contributed by atoms with Gasteiger partial charge in [0.2, 0.25) is 5.88 Å². The van der Waals surface area contributed by atoms with Crippen LogP contribution in [-0.4, -0.2) is 17.3 Å². The van der Waals surface area contributed by atoms with Crippen molar-refractivity contribution in [3.63, 3.8) is 0 Å². The van der Waals surface area contributed by atoms with Gasteiger partial charge >= 0.3 is 0 Å². The van der Waals surface area contributed by atoms with Crippen LogP contribution in [0.4, 0.5) is 0 Å². The molecule has 0 amide bonds. The van der Waals surface area contributed by atoms with Gasteiger partial charge in [0.1, 0.15) is 18.9 Å². The standard InChI is InChI=1S/C20H18N2O2/c1-3-9-17(10-4-1)15-24-22-19(18-11-5-2-6-12-18)16-23-20-13-7-8-14-21-20/h1-14H,15-16H2/b22-19-. The first-order valence-electron chi connectivity index (χ1n) is 7.74. The number of aromatic nitrogens is 1. The van der Waals surface area contributed by atoms with Crippen LogP contribution in [0.25, 0.3) is 0 Å². The molecule has 0 aliphatic heterocycles. The first kappa shape index (κ1) is 15.7. The Kier molecular flexibility index (Phi) is 5.56. The maximum absolute atomic E-state index is 5.70. The van der Waals surface area contributed by atoms with Crippen molar-refractivity contribution >= 4 is 5.71 Å². The molecule has 120 valence electrons. The van der Waals surface area contributed by atoms with Crippen LogP contribution < -0.4 is 4.74 Å². The summed E-state index contributed by atoms with van der Waals surface area (Å²) in [5, 5.41) is 4.27. The summed E-state index contributed by atoms with van der Waals surface area (Å²) in [6.07, 6.45) is 1.70. The third kappa shape index (κ3) is 4.68. The zero-order valence-electron chi connectivity index (χ0n) is 13.2. The van der Waals surface area contributed by atoms with Crippen molar-refractivity contribution < 1.29 is 9.57 Å². The SMILES string of the molecule is c1ccc(CO/N=C(/COc2ccccn2)c2ccccc2)cc1.